The van der Waals surface area contributed by atoms with E-state index in [9.17, 15) is 26.7 Å². The molecule has 12 heteroatoms. The zero-order valence-corrected chi connectivity index (χ0v) is 20.0. The molecule has 1 heterocycles. The van der Waals surface area contributed by atoms with E-state index < -0.39 is 33.4 Å². The van der Waals surface area contributed by atoms with Crippen molar-refractivity contribution in [3.63, 3.8) is 0 Å². The predicted octanol–water partition coefficient (Wildman–Crippen LogP) is 3.27. The van der Waals surface area contributed by atoms with Crippen LogP contribution in [-0.4, -0.2) is 44.4 Å². The van der Waals surface area contributed by atoms with Gasteiger partial charge < -0.3 is 15.7 Å². The maximum Gasteiger partial charge on any atom is 0.416 e. The Morgan fingerprint density at radius 2 is 1.87 bits per heavy atom. The van der Waals surface area contributed by atoms with Crippen molar-refractivity contribution in [2.24, 2.45) is 4.99 Å². The third kappa shape index (κ3) is 8.40. The smallest absolute Gasteiger partial charge is 0.390 e. The Bertz CT molecular complexity index is 903. The van der Waals surface area contributed by atoms with E-state index >= 15 is 0 Å². The number of guanidine groups is 1. The van der Waals surface area contributed by atoms with Gasteiger partial charge in [-0.1, -0.05) is 18.2 Å². The molecule has 0 amide bonds. The van der Waals surface area contributed by atoms with Gasteiger partial charge in [0.15, 0.2) is 15.8 Å². The molecule has 1 aromatic heterocycles. The monoisotopic (exact) mass is 577 g/mol. The van der Waals surface area contributed by atoms with Gasteiger partial charge in [0.2, 0.25) is 0 Å². The van der Waals surface area contributed by atoms with Crippen molar-refractivity contribution < 1.29 is 26.7 Å². The van der Waals surface area contributed by atoms with Gasteiger partial charge in [0.1, 0.15) is 4.21 Å². The number of benzene rings is 1. The largest absolute Gasteiger partial charge is 0.416 e. The fourth-order valence-corrected chi connectivity index (χ4v) is 4.84. The number of sulfone groups is 1. The fourth-order valence-electron chi connectivity index (χ4n) is 2.36. The lowest BCUT2D eigenvalue weighted by molar-refractivity contribution is -0.137. The van der Waals surface area contributed by atoms with Crippen LogP contribution in [0.5, 0.6) is 0 Å². The van der Waals surface area contributed by atoms with Crippen molar-refractivity contribution in [1.29, 1.82) is 0 Å². The van der Waals surface area contributed by atoms with Crippen LogP contribution in [0.1, 0.15) is 18.1 Å². The molecule has 0 aliphatic heterocycles. The van der Waals surface area contributed by atoms with Gasteiger partial charge in [0.25, 0.3) is 0 Å². The average Bonchev–Trinajstić information content (AvgIpc) is 3.19. The number of alkyl halides is 3. The Morgan fingerprint density at radius 1 is 1.20 bits per heavy atom. The Kier molecular flexibility index (Phi) is 10.5. The Labute approximate surface area is 194 Å². The van der Waals surface area contributed by atoms with Gasteiger partial charge in [0.05, 0.1) is 24.0 Å². The highest BCUT2D eigenvalue weighted by molar-refractivity contribution is 14.0. The maximum atomic E-state index is 12.6. The summed E-state index contributed by atoms with van der Waals surface area (Å²) in [6.07, 6.45) is -5.55. The van der Waals surface area contributed by atoms with E-state index in [1.54, 1.807) is 11.4 Å². The molecule has 1 unspecified atom stereocenters. The minimum Gasteiger partial charge on any atom is -0.390 e. The second-order valence-electron chi connectivity index (χ2n) is 6.14. The number of rotatable bonds is 8. The zero-order valence-electron chi connectivity index (χ0n) is 16.0. The van der Waals surface area contributed by atoms with E-state index in [1.807, 2.05) is 6.92 Å². The summed E-state index contributed by atoms with van der Waals surface area (Å²) in [6.45, 7) is 2.41. The maximum absolute atomic E-state index is 12.6. The summed E-state index contributed by atoms with van der Waals surface area (Å²) < 4.78 is 62.4. The van der Waals surface area contributed by atoms with Gasteiger partial charge in [-0.3, -0.25) is 0 Å². The predicted molar refractivity (Wildman–Crippen MR) is 122 cm³/mol. The van der Waals surface area contributed by atoms with Gasteiger partial charge in [-0.2, -0.15) is 13.2 Å². The average molecular weight is 577 g/mol. The third-order valence-corrected chi connectivity index (χ3v) is 7.05. The van der Waals surface area contributed by atoms with Gasteiger partial charge in [0, 0.05) is 13.1 Å². The van der Waals surface area contributed by atoms with Gasteiger partial charge in [-0.25, -0.2) is 13.4 Å². The van der Waals surface area contributed by atoms with Gasteiger partial charge >= 0.3 is 6.18 Å². The highest BCUT2D eigenvalue weighted by Crippen LogP contribution is 2.29. The van der Waals surface area contributed by atoms with Crippen LogP contribution in [0.3, 0.4) is 0 Å². The molecule has 0 aliphatic carbocycles. The molecule has 1 atom stereocenters. The molecule has 0 aliphatic rings. The van der Waals surface area contributed by atoms with Crippen molar-refractivity contribution in [2.75, 3.05) is 18.8 Å². The molecule has 1 aromatic carbocycles. The summed E-state index contributed by atoms with van der Waals surface area (Å²) >= 11 is 1.09. The molecule has 30 heavy (non-hydrogen) atoms. The summed E-state index contributed by atoms with van der Waals surface area (Å²) in [5.41, 5.74) is -0.152. The van der Waals surface area contributed by atoms with Crippen LogP contribution in [-0.2, 0) is 22.6 Å². The van der Waals surface area contributed by atoms with Crippen molar-refractivity contribution >= 4 is 51.1 Å². The summed E-state index contributed by atoms with van der Waals surface area (Å²) in [5, 5.41) is 17.5. The minimum atomic E-state index is -4.39. The normalized spacial score (nSPS) is 13.4. The second-order valence-corrected chi connectivity index (χ2v) is 9.35. The molecule has 0 fully saturated rings. The zero-order chi connectivity index (χ0) is 21.5. The number of hydrogen-bond acceptors (Lipinski definition) is 5. The van der Waals surface area contributed by atoms with Gasteiger partial charge in [-0.05, 0) is 36.1 Å². The third-order valence-electron chi connectivity index (χ3n) is 3.76. The van der Waals surface area contributed by atoms with Crippen molar-refractivity contribution in [2.45, 2.75) is 30.0 Å². The highest BCUT2D eigenvalue weighted by atomic mass is 127. The first kappa shape index (κ1) is 26.7. The lowest BCUT2D eigenvalue weighted by atomic mass is 10.1. The van der Waals surface area contributed by atoms with Crippen LogP contribution < -0.4 is 10.6 Å². The van der Waals surface area contributed by atoms with Crippen LogP contribution in [0.15, 0.2) is 51.0 Å². The molecule has 2 aromatic rings. The Morgan fingerprint density at radius 3 is 2.40 bits per heavy atom. The molecule has 0 spiro atoms. The van der Waals surface area contributed by atoms with Crippen LogP contribution in [0, 0.1) is 0 Å². The number of hydrogen-bond donors (Lipinski definition) is 3. The van der Waals surface area contributed by atoms with Crippen molar-refractivity contribution in [3.8, 4) is 0 Å². The first-order valence-electron chi connectivity index (χ1n) is 8.74. The number of aliphatic hydroxyl groups is 1. The number of aliphatic imine (C=N–C) groups is 1. The molecule has 0 radical (unpaired) electrons. The number of thiophene rings is 1. The molecule has 6 nitrogen and oxygen atoms in total. The van der Waals surface area contributed by atoms with Crippen molar-refractivity contribution in [3.05, 3.63) is 52.9 Å². The summed E-state index contributed by atoms with van der Waals surface area (Å²) in [5.74, 6) is -0.112. The first-order valence-corrected chi connectivity index (χ1v) is 11.3. The van der Waals surface area contributed by atoms with Crippen molar-refractivity contribution in [1.82, 2.24) is 10.6 Å². The van der Waals surface area contributed by atoms with Gasteiger partial charge in [-0.15, -0.1) is 35.3 Å². The summed E-state index contributed by atoms with van der Waals surface area (Å²) in [7, 11) is -3.57. The fraction of sp³-hybridized carbons (Fsp3) is 0.389. The van der Waals surface area contributed by atoms with Crippen LogP contribution in [0.4, 0.5) is 13.2 Å². The first-order chi connectivity index (χ1) is 13.6. The lowest BCUT2D eigenvalue weighted by Crippen LogP contribution is -2.42. The number of aliphatic hydroxyl groups excluding tert-OH is 1. The molecule has 2 rings (SSSR count). The molecular weight excluding hydrogens is 554 g/mol. The molecule has 0 saturated carbocycles. The quantitative estimate of drug-likeness (QED) is 0.255. The SMILES string of the molecule is CCNC(=NCc1ccc(C(F)(F)F)cc1)NCC(O)CS(=O)(=O)c1cccs1.I. The van der Waals surface area contributed by atoms with E-state index in [2.05, 4.69) is 15.6 Å². The van der Waals surface area contributed by atoms with E-state index in [1.165, 1.54) is 18.2 Å². The standard InChI is InChI=1S/C18H22F3N3O3S2.HI/c1-2-22-17(23-10-13-5-7-14(8-6-13)18(19,20)21)24-11-15(25)12-29(26,27)16-4-3-9-28-16;/h3-9,15,25H,2,10-12H2,1H3,(H2,22,23,24);1H. The number of nitrogens with zero attached hydrogens (tertiary/aromatic N) is 1. The minimum absolute atomic E-state index is 0. The summed E-state index contributed by atoms with van der Waals surface area (Å²) in [4.78, 5) is 4.25. The molecular formula is C18H23F3IN3O3S2. The topological polar surface area (TPSA) is 90.8 Å². The van der Waals surface area contributed by atoms with E-state index in [0.717, 1.165) is 23.5 Å². The molecule has 168 valence electrons. The molecule has 0 bridgehead atoms. The van der Waals surface area contributed by atoms with Crippen LogP contribution in [0.25, 0.3) is 0 Å². The lowest BCUT2D eigenvalue weighted by Gasteiger charge is -2.15. The highest BCUT2D eigenvalue weighted by Gasteiger charge is 2.29. The van der Waals surface area contributed by atoms with E-state index in [-0.39, 0.29) is 41.3 Å². The number of halogens is 4. The van der Waals surface area contributed by atoms with Crippen LogP contribution in [0.2, 0.25) is 0 Å². The Balaban J connectivity index is 0.00000450. The number of nitrogens with one attached hydrogen (secondary N) is 2. The molecule has 0 saturated heterocycles. The van der Waals surface area contributed by atoms with E-state index in [4.69, 9.17) is 0 Å². The van der Waals surface area contributed by atoms with Crippen LogP contribution >= 0.6 is 35.3 Å². The van der Waals surface area contributed by atoms with E-state index in [0.29, 0.717) is 18.1 Å². The second kappa shape index (κ2) is 11.9. The molecule has 3 N–H and O–H groups in total. The Hall–Kier alpha value is -1.38. The summed E-state index contributed by atoms with van der Waals surface area (Å²) in [6, 6.07) is 7.78.